The molecule has 1 unspecified atom stereocenters. The quantitative estimate of drug-likeness (QED) is 0.286. The van der Waals surface area contributed by atoms with Crippen molar-refractivity contribution in [2.75, 3.05) is 20.1 Å². The summed E-state index contributed by atoms with van der Waals surface area (Å²) in [5.41, 5.74) is 1.15. The number of halogens is 2. The molecule has 0 aliphatic heterocycles. The first-order valence-electron chi connectivity index (χ1n) is 12.9. The van der Waals surface area contributed by atoms with Crippen molar-refractivity contribution in [2.24, 2.45) is 0 Å². The van der Waals surface area contributed by atoms with Gasteiger partial charge >= 0.3 is 5.97 Å². The fourth-order valence-electron chi connectivity index (χ4n) is 4.35. The molecule has 0 spiro atoms. The summed E-state index contributed by atoms with van der Waals surface area (Å²) >= 11 is 0. The number of hydrogen-bond donors (Lipinski definition) is 3. The number of carboxylic acids is 1. The van der Waals surface area contributed by atoms with Crippen molar-refractivity contribution in [1.82, 2.24) is 9.62 Å². The van der Waals surface area contributed by atoms with E-state index in [0.717, 1.165) is 9.87 Å². The zero-order valence-electron chi connectivity index (χ0n) is 22.6. The van der Waals surface area contributed by atoms with Gasteiger partial charge in [0.25, 0.3) is 0 Å². The smallest absolute Gasteiger partial charge is 0.303 e. The molecule has 3 N–H and O–H groups in total. The number of carbonyl (C=O) groups is 1. The summed E-state index contributed by atoms with van der Waals surface area (Å²) in [5.74, 6) is -1.99. The van der Waals surface area contributed by atoms with Crippen LogP contribution >= 0.6 is 0 Å². The number of aliphatic carboxylic acids is 1. The number of likely N-dealkylation sites (N-methyl/N-ethyl adjacent to an activating group) is 1. The highest BCUT2D eigenvalue weighted by molar-refractivity contribution is 7.89. The van der Waals surface area contributed by atoms with Crippen LogP contribution in [0.1, 0.15) is 63.1 Å². The number of β-amino-alcohol motifs (C(OH)–C–C–N with tert-alkyl or cyclic N) is 1. The minimum Gasteiger partial charge on any atom is -0.481 e. The maximum atomic E-state index is 13.8. The first-order chi connectivity index (χ1) is 17.8. The summed E-state index contributed by atoms with van der Waals surface area (Å²) in [7, 11) is -2.43. The molecular weight excluding hydrogens is 514 g/mol. The average molecular weight is 555 g/mol. The van der Waals surface area contributed by atoms with Gasteiger partial charge in [0.1, 0.15) is 11.6 Å². The van der Waals surface area contributed by atoms with Crippen molar-refractivity contribution in [3.63, 3.8) is 0 Å². The molecule has 0 saturated heterocycles. The van der Waals surface area contributed by atoms with Crippen molar-refractivity contribution < 1.29 is 32.2 Å². The number of aliphatic hydroxyl groups is 1. The van der Waals surface area contributed by atoms with E-state index in [-0.39, 0.29) is 36.4 Å². The van der Waals surface area contributed by atoms with Crippen molar-refractivity contribution in [2.45, 2.75) is 82.3 Å². The van der Waals surface area contributed by atoms with E-state index in [1.165, 1.54) is 25.2 Å². The number of nitrogens with zero attached hydrogens (tertiary/aromatic N) is 1. The Bertz CT molecular complexity index is 1170. The largest absolute Gasteiger partial charge is 0.481 e. The highest BCUT2D eigenvalue weighted by Crippen LogP contribution is 2.23. The molecule has 0 aromatic heterocycles. The molecule has 38 heavy (non-hydrogen) atoms. The number of nitrogens with one attached hydrogen (secondary N) is 1. The average Bonchev–Trinajstić information content (AvgIpc) is 2.84. The van der Waals surface area contributed by atoms with Gasteiger partial charge in [-0.05, 0) is 81.7 Å². The van der Waals surface area contributed by atoms with Gasteiger partial charge in [-0.15, -0.1) is 0 Å². The topological polar surface area (TPSA) is 107 Å². The van der Waals surface area contributed by atoms with Gasteiger partial charge in [-0.25, -0.2) is 17.2 Å². The summed E-state index contributed by atoms with van der Waals surface area (Å²) in [5, 5.41) is 22.6. The Balaban J connectivity index is 1.92. The third-order valence-electron chi connectivity index (χ3n) is 6.62. The Morgan fingerprint density at radius 2 is 1.76 bits per heavy atom. The molecule has 10 heteroatoms. The fraction of sp³-hybridized carbons (Fsp3) is 0.536. The molecular formula is C28H40F2N2O5S. The minimum atomic E-state index is -3.85. The van der Waals surface area contributed by atoms with Gasteiger partial charge in [-0.1, -0.05) is 25.1 Å². The summed E-state index contributed by atoms with van der Waals surface area (Å²) in [6, 6.07) is 8.87. The number of aryl methyl sites for hydroxylation is 2. The molecule has 1 atom stereocenters. The lowest BCUT2D eigenvalue weighted by molar-refractivity contribution is -0.137. The van der Waals surface area contributed by atoms with Crippen molar-refractivity contribution >= 4 is 16.0 Å². The maximum Gasteiger partial charge on any atom is 0.303 e. The van der Waals surface area contributed by atoms with Crippen molar-refractivity contribution in [3.05, 3.63) is 64.7 Å². The normalized spacial score (nSPS) is 13.2. The summed E-state index contributed by atoms with van der Waals surface area (Å²) < 4.78 is 55.3. The molecule has 2 aromatic carbocycles. The van der Waals surface area contributed by atoms with E-state index in [0.29, 0.717) is 37.7 Å². The third-order valence-corrected chi connectivity index (χ3v) is 8.55. The molecule has 0 fully saturated rings. The highest BCUT2D eigenvalue weighted by Gasteiger charge is 2.26. The van der Waals surface area contributed by atoms with Gasteiger partial charge in [0, 0.05) is 37.7 Å². The molecule has 2 aromatic rings. The van der Waals surface area contributed by atoms with Gasteiger partial charge in [-0.3, -0.25) is 4.79 Å². The predicted molar refractivity (Wildman–Crippen MR) is 144 cm³/mol. The fourth-order valence-corrected chi connectivity index (χ4v) is 5.83. The molecule has 0 saturated carbocycles. The van der Waals surface area contributed by atoms with E-state index in [1.54, 1.807) is 18.2 Å². The van der Waals surface area contributed by atoms with E-state index in [1.807, 2.05) is 20.8 Å². The van der Waals surface area contributed by atoms with Crippen LogP contribution in [0.25, 0.3) is 0 Å². The molecule has 0 bridgehead atoms. The van der Waals surface area contributed by atoms with E-state index < -0.39 is 39.3 Å². The van der Waals surface area contributed by atoms with Gasteiger partial charge in [0.05, 0.1) is 11.0 Å². The Labute approximate surface area is 224 Å². The Kier molecular flexibility index (Phi) is 11.8. The first-order valence-corrected chi connectivity index (χ1v) is 14.4. The monoisotopic (exact) mass is 554 g/mol. The van der Waals surface area contributed by atoms with Gasteiger partial charge < -0.3 is 15.5 Å². The number of hydrogen-bond acceptors (Lipinski definition) is 5. The highest BCUT2D eigenvalue weighted by atomic mass is 32.2. The zero-order chi connectivity index (χ0) is 28.5. The Morgan fingerprint density at radius 3 is 2.37 bits per heavy atom. The SMILES string of the molecule is CCc1cc(CCCC(=O)O)ccc1S(=O)(=O)N(C)CC(O)CNC(C)(C)CCCc1c(F)cccc1F. The lowest BCUT2D eigenvalue weighted by atomic mass is 9.95. The first kappa shape index (κ1) is 31.8. The number of rotatable bonds is 16. The van der Waals surface area contributed by atoms with Gasteiger partial charge in [0.15, 0.2) is 0 Å². The predicted octanol–water partition coefficient (Wildman–Crippen LogP) is 4.31. The van der Waals surface area contributed by atoms with Crippen LogP contribution < -0.4 is 5.32 Å². The van der Waals surface area contributed by atoms with Crippen LogP contribution in [0.3, 0.4) is 0 Å². The molecule has 0 amide bonds. The summed E-state index contributed by atoms with van der Waals surface area (Å²) in [6.07, 6.45) is 1.98. The van der Waals surface area contributed by atoms with E-state index >= 15 is 0 Å². The van der Waals surface area contributed by atoms with Crippen LogP contribution in [0.15, 0.2) is 41.3 Å². The van der Waals surface area contributed by atoms with Crippen molar-refractivity contribution in [3.8, 4) is 0 Å². The zero-order valence-corrected chi connectivity index (χ0v) is 23.5. The van der Waals surface area contributed by atoms with E-state index in [4.69, 9.17) is 5.11 Å². The number of aliphatic hydroxyl groups excluding tert-OH is 1. The number of sulfonamides is 1. The van der Waals surface area contributed by atoms with Crippen LogP contribution in [0.5, 0.6) is 0 Å². The molecule has 0 aliphatic rings. The molecule has 7 nitrogen and oxygen atoms in total. The van der Waals surface area contributed by atoms with Gasteiger partial charge in [-0.2, -0.15) is 4.31 Å². The van der Waals surface area contributed by atoms with Crippen LogP contribution in [0, 0.1) is 11.6 Å². The number of carboxylic acid groups (broad SMARTS) is 1. The van der Waals surface area contributed by atoms with Crippen LogP contribution in [0.2, 0.25) is 0 Å². The third kappa shape index (κ3) is 9.41. The molecule has 212 valence electrons. The summed E-state index contributed by atoms with van der Waals surface area (Å²) in [6.45, 7) is 5.73. The lowest BCUT2D eigenvalue weighted by Gasteiger charge is -2.29. The second-order valence-corrected chi connectivity index (χ2v) is 12.3. The van der Waals surface area contributed by atoms with Crippen LogP contribution in [-0.4, -0.2) is 60.7 Å². The minimum absolute atomic E-state index is 0.0527. The second-order valence-electron chi connectivity index (χ2n) is 10.3. The molecule has 0 aliphatic carbocycles. The van der Waals surface area contributed by atoms with Crippen LogP contribution in [-0.2, 0) is 34.1 Å². The van der Waals surface area contributed by atoms with Crippen LogP contribution in [0.4, 0.5) is 8.78 Å². The summed E-state index contributed by atoms with van der Waals surface area (Å²) in [4.78, 5) is 10.9. The standard InChI is InChI=1S/C28H40F2N2O5S/c1-5-21-17-20(9-6-13-27(34)35)14-15-26(21)38(36,37)32(4)19-22(33)18-31-28(2,3)16-8-10-23-24(29)11-7-12-25(23)30/h7,11-12,14-15,17,22,31,33H,5-6,8-10,13,16,18-19H2,1-4H3,(H,34,35). The lowest BCUT2D eigenvalue weighted by Crippen LogP contribution is -2.46. The number of benzene rings is 2. The Morgan fingerprint density at radius 1 is 1.11 bits per heavy atom. The molecule has 0 radical (unpaired) electrons. The second kappa shape index (κ2) is 14.1. The Hall–Kier alpha value is -2.40. The van der Waals surface area contributed by atoms with E-state index in [2.05, 4.69) is 5.32 Å². The maximum absolute atomic E-state index is 13.8. The van der Waals surface area contributed by atoms with Gasteiger partial charge in [0.2, 0.25) is 10.0 Å². The molecule has 2 rings (SSSR count). The van der Waals surface area contributed by atoms with E-state index in [9.17, 15) is 27.1 Å². The molecule has 0 heterocycles. The van der Waals surface area contributed by atoms with Crippen molar-refractivity contribution in [1.29, 1.82) is 0 Å².